The minimum Gasteiger partial charge on any atom is -0.344 e. The third-order valence-electron chi connectivity index (χ3n) is 11.1. The van der Waals surface area contributed by atoms with Crippen molar-refractivity contribution >= 4 is 77.1 Å². The number of thiophene rings is 1. The number of anilines is 2. The van der Waals surface area contributed by atoms with E-state index in [0.29, 0.717) is 5.71 Å². The second-order valence-corrected chi connectivity index (χ2v) is 15.9. The maximum Gasteiger partial charge on any atom is 0.0726 e. The summed E-state index contributed by atoms with van der Waals surface area (Å²) in [7, 11) is 2.17. The lowest BCUT2D eigenvalue weighted by atomic mass is 9.95. The summed E-state index contributed by atoms with van der Waals surface area (Å²) < 4.78 is 5.13. The Morgan fingerprint density at radius 2 is 1.41 bits per heavy atom. The van der Waals surface area contributed by atoms with Crippen LogP contribution in [0.15, 0.2) is 204 Å². The highest BCUT2D eigenvalue weighted by molar-refractivity contribution is 7.26. The lowest BCUT2D eigenvalue weighted by Crippen LogP contribution is -2.10. The first-order valence-corrected chi connectivity index (χ1v) is 20.8. The van der Waals surface area contributed by atoms with Gasteiger partial charge in [-0.1, -0.05) is 139 Å². The van der Waals surface area contributed by atoms with E-state index in [-0.39, 0.29) is 0 Å². The Bertz CT molecular complexity index is 3090. The van der Waals surface area contributed by atoms with E-state index in [0.717, 1.165) is 29.7 Å². The average Bonchev–Trinajstić information content (AvgIpc) is 3.85. The molecule has 0 amide bonds. The van der Waals surface area contributed by atoms with Crippen LogP contribution >= 0.6 is 11.3 Å². The molecule has 0 saturated carbocycles. The molecular formula is C54H44N4S. The van der Waals surface area contributed by atoms with Crippen molar-refractivity contribution in [1.82, 2.24) is 4.57 Å². The molecule has 59 heavy (non-hydrogen) atoms. The van der Waals surface area contributed by atoms with Gasteiger partial charge in [0.15, 0.2) is 0 Å². The van der Waals surface area contributed by atoms with Crippen molar-refractivity contribution in [2.75, 3.05) is 11.9 Å². The Morgan fingerprint density at radius 3 is 2.15 bits per heavy atom. The molecule has 1 aliphatic carbocycles. The first-order chi connectivity index (χ1) is 29.0. The second-order valence-electron chi connectivity index (χ2n) is 14.8. The summed E-state index contributed by atoms with van der Waals surface area (Å²) in [6.45, 7) is 5.74. The summed E-state index contributed by atoms with van der Waals surface area (Å²) in [5.41, 5.74) is 13.0. The van der Waals surface area contributed by atoms with E-state index < -0.39 is 0 Å². The van der Waals surface area contributed by atoms with Crippen LogP contribution in [0, 0.1) is 12.3 Å². The Labute approximate surface area is 349 Å². The molecule has 7 aromatic carbocycles. The fourth-order valence-electron chi connectivity index (χ4n) is 8.15. The molecule has 0 bridgehead atoms. The van der Waals surface area contributed by atoms with Crippen LogP contribution < -0.4 is 4.90 Å². The summed E-state index contributed by atoms with van der Waals surface area (Å²) in [5, 5.41) is 13.3. The van der Waals surface area contributed by atoms with Gasteiger partial charge in [-0.05, 0) is 97.8 Å². The number of benzene rings is 7. The van der Waals surface area contributed by atoms with Crippen molar-refractivity contribution in [1.29, 1.82) is 5.41 Å². The molecule has 0 radical (unpaired) electrons. The molecule has 2 aromatic heterocycles. The smallest absolute Gasteiger partial charge is 0.0726 e. The number of nitrogens with one attached hydrogen (secondary N) is 1. The van der Waals surface area contributed by atoms with Gasteiger partial charge in [-0.25, -0.2) is 0 Å². The number of allylic oxidation sites excluding steroid dienone is 4. The quantitative estimate of drug-likeness (QED) is 0.153. The van der Waals surface area contributed by atoms with E-state index in [1.54, 1.807) is 6.08 Å². The maximum atomic E-state index is 8.07. The number of aryl methyl sites for hydroxylation is 1. The van der Waals surface area contributed by atoms with Crippen molar-refractivity contribution in [2.45, 2.75) is 19.8 Å². The summed E-state index contributed by atoms with van der Waals surface area (Å²) in [6.07, 6.45) is 10.2. The summed E-state index contributed by atoms with van der Waals surface area (Å²) in [5.74, 6) is 0. The predicted molar refractivity (Wildman–Crippen MR) is 256 cm³/mol. The average molecular weight is 781 g/mol. The van der Waals surface area contributed by atoms with E-state index in [1.807, 2.05) is 47.7 Å². The normalized spacial score (nSPS) is 12.7. The lowest BCUT2D eigenvalue weighted by molar-refractivity contribution is 1.02. The van der Waals surface area contributed by atoms with Crippen LogP contribution in [0.2, 0.25) is 0 Å². The molecule has 2 heterocycles. The first kappa shape index (κ1) is 37.5. The Morgan fingerprint density at radius 1 is 0.729 bits per heavy atom. The third kappa shape index (κ3) is 7.22. The van der Waals surface area contributed by atoms with Crippen LogP contribution in [0.1, 0.15) is 24.0 Å². The number of aliphatic imine (C=N–C) groups is 1. The molecule has 0 spiro atoms. The van der Waals surface area contributed by atoms with E-state index in [2.05, 4.69) is 181 Å². The number of para-hydroxylation sites is 3. The van der Waals surface area contributed by atoms with Gasteiger partial charge in [0, 0.05) is 55.9 Å². The van der Waals surface area contributed by atoms with Crippen LogP contribution in [0.4, 0.5) is 11.4 Å². The molecule has 0 saturated heterocycles. The molecule has 10 rings (SSSR count). The Kier molecular flexibility index (Phi) is 10.4. The topological polar surface area (TPSA) is 44.4 Å². The lowest BCUT2D eigenvalue weighted by Gasteiger charge is -2.23. The van der Waals surface area contributed by atoms with E-state index >= 15 is 0 Å². The highest BCUT2D eigenvalue weighted by Crippen LogP contribution is 2.49. The summed E-state index contributed by atoms with van der Waals surface area (Å²) >= 11 is 1.90. The van der Waals surface area contributed by atoms with Crippen LogP contribution in [-0.2, 0) is 0 Å². The fraction of sp³-hybridized carbons (Fsp3) is 0.0741. The number of rotatable bonds is 8. The van der Waals surface area contributed by atoms with Crippen molar-refractivity contribution < 1.29 is 0 Å². The Balaban J connectivity index is 0.000000210. The first-order valence-electron chi connectivity index (χ1n) is 20.0. The molecule has 4 nitrogen and oxygen atoms in total. The zero-order chi connectivity index (χ0) is 40.3. The third-order valence-corrected chi connectivity index (χ3v) is 12.3. The predicted octanol–water partition coefficient (Wildman–Crippen LogP) is 14.8. The van der Waals surface area contributed by atoms with Crippen molar-refractivity contribution in [3.8, 4) is 16.8 Å². The maximum absolute atomic E-state index is 8.07. The van der Waals surface area contributed by atoms with Crippen LogP contribution in [0.3, 0.4) is 0 Å². The van der Waals surface area contributed by atoms with Gasteiger partial charge in [-0.2, -0.15) is 0 Å². The zero-order valence-electron chi connectivity index (χ0n) is 33.3. The monoisotopic (exact) mass is 780 g/mol. The molecule has 5 heteroatoms. The summed E-state index contributed by atoms with van der Waals surface area (Å²) in [6, 6.07) is 58.2. The van der Waals surface area contributed by atoms with E-state index in [9.17, 15) is 0 Å². The van der Waals surface area contributed by atoms with Gasteiger partial charge in [0.25, 0.3) is 0 Å². The van der Waals surface area contributed by atoms with Gasteiger partial charge in [0.05, 0.1) is 27.1 Å². The molecule has 1 N–H and O–H groups in total. The van der Waals surface area contributed by atoms with Crippen LogP contribution in [-0.4, -0.2) is 24.0 Å². The van der Waals surface area contributed by atoms with Crippen LogP contribution in [0.25, 0.3) is 58.8 Å². The molecule has 9 aromatic rings. The van der Waals surface area contributed by atoms with Crippen LogP contribution in [0.5, 0.6) is 0 Å². The number of nitrogens with zero attached hydrogens (tertiary/aromatic N) is 3. The van der Waals surface area contributed by atoms with Gasteiger partial charge in [-0.15, -0.1) is 11.3 Å². The SMILES string of the molecule is C=N/C(=C\C(=N)c1ccccc1)C1=CCCC=C1.Cc1ccc(-n2c3ccccc3c3c(-c4ccccc4N(C)c4ccccc4)cc4c5ccccc5sc4c32)cc1. The van der Waals surface area contributed by atoms with Gasteiger partial charge < -0.3 is 14.9 Å². The second kappa shape index (κ2) is 16.4. The summed E-state index contributed by atoms with van der Waals surface area (Å²) in [4.78, 5) is 6.33. The van der Waals surface area contributed by atoms with Gasteiger partial charge in [0.1, 0.15) is 0 Å². The van der Waals surface area contributed by atoms with Crippen molar-refractivity contribution in [3.63, 3.8) is 0 Å². The number of hydrogen-bond donors (Lipinski definition) is 1. The number of hydrogen-bond acceptors (Lipinski definition) is 4. The minimum atomic E-state index is 0.456. The Hall–Kier alpha value is -7.08. The molecule has 0 aliphatic heterocycles. The molecular weight excluding hydrogens is 737 g/mol. The van der Waals surface area contributed by atoms with E-state index in [1.165, 1.54) is 75.7 Å². The van der Waals surface area contributed by atoms with Crippen molar-refractivity contribution in [2.24, 2.45) is 4.99 Å². The molecule has 0 fully saturated rings. The highest BCUT2D eigenvalue weighted by atomic mass is 32.1. The molecule has 1 aliphatic rings. The van der Waals surface area contributed by atoms with Crippen molar-refractivity contribution in [3.05, 3.63) is 210 Å². The molecule has 0 unspecified atom stereocenters. The standard InChI is InChI=1S/C38H28N2S.C16H16N2/c1-25-20-22-27(23-21-25)40-34-18-10-7-16-30(34)36-31(24-32-29-15-8-11-19-35(29)41-38(32)37(36)40)28-14-6-9-17-33(28)39(2)26-12-4-3-5-13-26;1-18-16(14-10-6-3-7-11-14)12-15(17)13-8-4-2-5-9-13/h3-24H,1-2H3;2,4-6,8-12,17H,1,3,7H2/b;16-12-,17-15?. The number of aromatic nitrogens is 1. The van der Waals surface area contributed by atoms with Gasteiger partial charge in [0.2, 0.25) is 0 Å². The van der Waals surface area contributed by atoms with Gasteiger partial charge in [-0.3, -0.25) is 4.99 Å². The molecule has 286 valence electrons. The van der Waals surface area contributed by atoms with E-state index in [4.69, 9.17) is 5.41 Å². The fourth-order valence-corrected chi connectivity index (χ4v) is 9.37. The highest BCUT2D eigenvalue weighted by Gasteiger charge is 2.23. The molecule has 0 atom stereocenters. The largest absolute Gasteiger partial charge is 0.344 e. The minimum absolute atomic E-state index is 0.456. The number of fused-ring (bicyclic) bond motifs is 7. The van der Waals surface area contributed by atoms with Gasteiger partial charge >= 0.3 is 0 Å². The zero-order valence-corrected chi connectivity index (χ0v) is 34.1.